The van der Waals surface area contributed by atoms with Crippen LogP contribution in [0, 0.1) is 11.3 Å². The van der Waals surface area contributed by atoms with E-state index in [1.54, 1.807) is 0 Å². The van der Waals surface area contributed by atoms with E-state index in [1.165, 1.54) is 44.1 Å². The molecule has 3 atom stereocenters. The Morgan fingerprint density at radius 1 is 1.05 bits per heavy atom. The van der Waals surface area contributed by atoms with Crippen molar-refractivity contribution in [2.45, 2.75) is 78.3 Å². The smallest absolute Gasteiger partial charge is 0.0371 e. The van der Waals surface area contributed by atoms with Crippen LogP contribution in [0.4, 0.5) is 0 Å². The minimum atomic E-state index is 0.248. The molecule has 1 nitrogen and oxygen atoms in total. The van der Waals surface area contributed by atoms with Gasteiger partial charge in [0.25, 0.3) is 0 Å². The largest absolute Gasteiger partial charge is 0.307 e. The highest BCUT2D eigenvalue weighted by Gasteiger charge is 2.29. The van der Waals surface area contributed by atoms with E-state index in [2.05, 4.69) is 63.3 Å². The molecule has 3 unspecified atom stereocenters. The Morgan fingerprint density at radius 3 is 2.38 bits per heavy atom. The van der Waals surface area contributed by atoms with Gasteiger partial charge in [-0.1, -0.05) is 77.3 Å². The molecule has 1 aromatic rings. The molecule has 1 fully saturated rings. The van der Waals surface area contributed by atoms with Crippen molar-refractivity contribution >= 4 is 0 Å². The van der Waals surface area contributed by atoms with E-state index in [0.29, 0.717) is 12.1 Å². The van der Waals surface area contributed by atoms with Crippen molar-refractivity contribution in [2.75, 3.05) is 0 Å². The van der Waals surface area contributed by atoms with Gasteiger partial charge in [0.15, 0.2) is 0 Å². The second-order valence-corrected chi connectivity index (χ2v) is 7.86. The number of hydrogen-bond donors (Lipinski definition) is 1. The Balaban J connectivity index is 2.06. The third-order valence-electron chi connectivity index (χ3n) is 5.07. The SMILES string of the molecule is CCC1CCCC(NC(c2ccccc2)C(C)(C)C)CC1. The summed E-state index contributed by atoms with van der Waals surface area (Å²) in [7, 11) is 0. The van der Waals surface area contributed by atoms with Crippen molar-refractivity contribution in [1.82, 2.24) is 5.32 Å². The molecule has 0 saturated heterocycles. The van der Waals surface area contributed by atoms with E-state index in [-0.39, 0.29) is 5.41 Å². The van der Waals surface area contributed by atoms with Gasteiger partial charge >= 0.3 is 0 Å². The molecule has 0 aliphatic heterocycles. The molecule has 0 radical (unpaired) electrons. The maximum atomic E-state index is 4.00. The average molecular weight is 287 g/mol. The Kier molecular flexibility index (Phi) is 5.87. The molecule has 118 valence electrons. The minimum absolute atomic E-state index is 0.248. The average Bonchev–Trinajstić information content (AvgIpc) is 2.69. The maximum Gasteiger partial charge on any atom is 0.0371 e. The summed E-state index contributed by atoms with van der Waals surface area (Å²) in [5, 5.41) is 4.00. The van der Waals surface area contributed by atoms with E-state index in [0.717, 1.165) is 5.92 Å². The summed E-state index contributed by atoms with van der Waals surface area (Å²) < 4.78 is 0. The molecule has 1 N–H and O–H groups in total. The normalized spacial score (nSPS) is 25.3. The summed E-state index contributed by atoms with van der Waals surface area (Å²) >= 11 is 0. The lowest BCUT2D eigenvalue weighted by molar-refractivity contribution is 0.239. The third-order valence-corrected chi connectivity index (χ3v) is 5.07. The van der Waals surface area contributed by atoms with Crippen LogP contribution in [0.1, 0.15) is 77.8 Å². The van der Waals surface area contributed by atoms with Gasteiger partial charge in [0.2, 0.25) is 0 Å². The van der Waals surface area contributed by atoms with Gasteiger partial charge in [-0.15, -0.1) is 0 Å². The fraction of sp³-hybridized carbons (Fsp3) is 0.700. The molecular weight excluding hydrogens is 254 g/mol. The van der Waals surface area contributed by atoms with E-state index in [4.69, 9.17) is 0 Å². The van der Waals surface area contributed by atoms with Crippen LogP contribution >= 0.6 is 0 Å². The van der Waals surface area contributed by atoms with Crippen molar-refractivity contribution in [3.8, 4) is 0 Å². The molecular formula is C20H33N. The Hall–Kier alpha value is -0.820. The zero-order chi connectivity index (χ0) is 15.3. The topological polar surface area (TPSA) is 12.0 Å². The lowest BCUT2D eigenvalue weighted by Gasteiger charge is -2.35. The first-order valence-corrected chi connectivity index (χ1v) is 8.81. The first-order chi connectivity index (χ1) is 10.0. The predicted molar refractivity (Wildman–Crippen MR) is 92.4 cm³/mol. The van der Waals surface area contributed by atoms with Crippen molar-refractivity contribution in [1.29, 1.82) is 0 Å². The van der Waals surface area contributed by atoms with Crippen LogP contribution in [0.15, 0.2) is 30.3 Å². The maximum absolute atomic E-state index is 4.00. The van der Waals surface area contributed by atoms with Crippen LogP contribution in [0.3, 0.4) is 0 Å². The van der Waals surface area contributed by atoms with Gasteiger partial charge in [-0.3, -0.25) is 0 Å². The summed E-state index contributed by atoms with van der Waals surface area (Å²) in [4.78, 5) is 0. The van der Waals surface area contributed by atoms with Crippen molar-refractivity contribution < 1.29 is 0 Å². The minimum Gasteiger partial charge on any atom is -0.307 e. The molecule has 21 heavy (non-hydrogen) atoms. The lowest BCUT2D eigenvalue weighted by Crippen LogP contribution is -2.39. The highest BCUT2D eigenvalue weighted by atomic mass is 15.0. The third kappa shape index (κ3) is 4.85. The van der Waals surface area contributed by atoms with Gasteiger partial charge in [-0.2, -0.15) is 0 Å². The molecule has 1 aromatic carbocycles. The molecule has 1 heteroatoms. The number of hydrogen-bond acceptors (Lipinski definition) is 1. The summed E-state index contributed by atoms with van der Waals surface area (Å²) in [6.45, 7) is 9.40. The van der Waals surface area contributed by atoms with Crippen molar-refractivity contribution in [3.63, 3.8) is 0 Å². The van der Waals surface area contributed by atoms with Crippen LogP contribution < -0.4 is 5.32 Å². The van der Waals surface area contributed by atoms with E-state index < -0.39 is 0 Å². The Bertz CT molecular complexity index is 404. The Morgan fingerprint density at radius 2 is 1.76 bits per heavy atom. The van der Waals surface area contributed by atoms with Crippen molar-refractivity contribution in [3.05, 3.63) is 35.9 Å². The lowest BCUT2D eigenvalue weighted by atomic mass is 9.81. The summed E-state index contributed by atoms with van der Waals surface area (Å²) in [5.74, 6) is 0.960. The van der Waals surface area contributed by atoms with Crippen LogP contribution in [0.25, 0.3) is 0 Å². The molecule has 0 aromatic heterocycles. The zero-order valence-corrected chi connectivity index (χ0v) is 14.4. The monoisotopic (exact) mass is 287 g/mol. The highest BCUT2D eigenvalue weighted by Crippen LogP contribution is 2.35. The standard InChI is InChI=1S/C20H33N/c1-5-16-10-9-13-18(15-14-16)21-19(20(2,3)4)17-11-7-6-8-12-17/h6-8,11-12,16,18-19,21H,5,9-10,13-15H2,1-4H3. The molecule has 0 bridgehead atoms. The number of benzene rings is 1. The Labute approximate surface area is 131 Å². The highest BCUT2D eigenvalue weighted by molar-refractivity contribution is 5.21. The van der Waals surface area contributed by atoms with Gasteiger partial charge in [-0.25, -0.2) is 0 Å². The van der Waals surface area contributed by atoms with Crippen LogP contribution in [-0.2, 0) is 0 Å². The van der Waals surface area contributed by atoms with Crippen molar-refractivity contribution in [2.24, 2.45) is 11.3 Å². The second kappa shape index (κ2) is 7.45. The summed E-state index contributed by atoms with van der Waals surface area (Å²) in [6.07, 6.45) is 8.27. The van der Waals surface area contributed by atoms with Crippen LogP contribution in [-0.4, -0.2) is 6.04 Å². The van der Waals surface area contributed by atoms with Gasteiger partial charge < -0.3 is 5.32 Å². The summed E-state index contributed by atoms with van der Waals surface area (Å²) in [5.41, 5.74) is 1.68. The molecule has 1 saturated carbocycles. The molecule has 1 aliphatic rings. The van der Waals surface area contributed by atoms with Gasteiger partial charge in [0.05, 0.1) is 0 Å². The zero-order valence-electron chi connectivity index (χ0n) is 14.4. The van der Waals surface area contributed by atoms with Gasteiger partial charge in [0.1, 0.15) is 0 Å². The number of rotatable bonds is 4. The van der Waals surface area contributed by atoms with Crippen LogP contribution in [0.2, 0.25) is 0 Å². The fourth-order valence-electron chi connectivity index (χ4n) is 3.68. The molecule has 1 aliphatic carbocycles. The molecule has 0 spiro atoms. The molecule has 2 rings (SSSR count). The fourth-order valence-corrected chi connectivity index (χ4v) is 3.68. The van der Waals surface area contributed by atoms with Gasteiger partial charge in [0, 0.05) is 12.1 Å². The summed E-state index contributed by atoms with van der Waals surface area (Å²) in [6, 6.07) is 12.1. The van der Waals surface area contributed by atoms with E-state index >= 15 is 0 Å². The van der Waals surface area contributed by atoms with Gasteiger partial charge in [-0.05, 0) is 36.2 Å². The van der Waals surface area contributed by atoms with E-state index in [1.807, 2.05) is 0 Å². The van der Waals surface area contributed by atoms with Crippen LogP contribution in [0.5, 0.6) is 0 Å². The molecule has 0 amide bonds. The quantitative estimate of drug-likeness (QED) is 0.698. The first-order valence-electron chi connectivity index (χ1n) is 8.81. The van der Waals surface area contributed by atoms with E-state index in [9.17, 15) is 0 Å². The second-order valence-electron chi connectivity index (χ2n) is 7.86. The predicted octanol–water partition coefficient (Wildman–Crippen LogP) is 5.72. The first kappa shape index (κ1) is 16.5. The molecule has 0 heterocycles. The number of nitrogens with one attached hydrogen (secondary N) is 1.